The molecule has 3 rings (SSSR count). The third kappa shape index (κ3) is 5.56. The molecule has 0 aliphatic rings. The Hall–Kier alpha value is -3.85. The first-order chi connectivity index (χ1) is 14.2. The lowest BCUT2D eigenvalue weighted by Crippen LogP contribution is -2.32. The van der Waals surface area contributed by atoms with E-state index in [2.05, 4.69) is 32.6 Å². The maximum atomic E-state index is 12.0. The van der Waals surface area contributed by atoms with E-state index in [0.717, 1.165) is 16.9 Å². The highest BCUT2D eigenvalue weighted by molar-refractivity contribution is 7.18. The summed E-state index contributed by atoms with van der Waals surface area (Å²) in [6, 6.07) is 16.5. The van der Waals surface area contributed by atoms with Crippen molar-refractivity contribution in [3.8, 4) is 16.3 Å². The zero-order chi connectivity index (χ0) is 20.5. The van der Waals surface area contributed by atoms with E-state index in [1.807, 2.05) is 36.4 Å². The van der Waals surface area contributed by atoms with Gasteiger partial charge in [-0.25, -0.2) is 5.43 Å². The molecule has 1 heterocycles. The molecule has 2 N–H and O–H groups in total. The zero-order valence-electron chi connectivity index (χ0n) is 15.2. The van der Waals surface area contributed by atoms with E-state index in [9.17, 15) is 9.59 Å². The molecular weight excluding hydrogens is 390 g/mol. The van der Waals surface area contributed by atoms with E-state index < -0.39 is 11.8 Å². The number of nitrogens with zero attached hydrogens (tertiary/aromatic N) is 3. The third-order valence-electron chi connectivity index (χ3n) is 3.52. The van der Waals surface area contributed by atoms with E-state index in [0.29, 0.717) is 22.9 Å². The number of ether oxygens (including phenoxy) is 1. The van der Waals surface area contributed by atoms with E-state index in [1.165, 1.54) is 6.21 Å². The second-order valence-electron chi connectivity index (χ2n) is 5.57. The Kier molecular flexibility index (Phi) is 6.80. The Labute approximate surface area is 170 Å². The summed E-state index contributed by atoms with van der Waals surface area (Å²) >= 11 is 1.16. The number of carbonyl (C=O) groups is 2. The lowest BCUT2D eigenvalue weighted by atomic mass is 10.2. The number of hydrogen-bond acceptors (Lipinski definition) is 7. The Morgan fingerprint density at radius 2 is 1.83 bits per heavy atom. The first kappa shape index (κ1) is 19.9. The topological polar surface area (TPSA) is 106 Å². The van der Waals surface area contributed by atoms with E-state index in [-0.39, 0.29) is 5.13 Å². The molecule has 0 saturated heterocycles. The molecule has 0 spiro atoms. The molecule has 0 saturated carbocycles. The molecule has 0 radical (unpaired) electrons. The fourth-order valence-electron chi connectivity index (χ4n) is 2.20. The number of hydrogen-bond donors (Lipinski definition) is 2. The highest BCUT2D eigenvalue weighted by Crippen LogP contribution is 2.25. The summed E-state index contributed by atoms with van der Waals surface area (Å²) in [7, 11) is 0. The predicted octanol–water partition coefficient (Wildman–Crippen LogP) is 2.86. The van der Waals surface area contributed by atoms with Gasteiger partial charge in [0.2, 0.25) is 5.13 Å². The Morgan fingerprint density at radius 1 is 1.07 bits per heavy atom. The average Bonchev–Trinajstić information content (AvgIpc) is 3.22. The van der Waals surface area contributed by atoms with Gasteiger partial charge in [0.15, 0.2) is 0 Å². The van der Waals surface area contributed by atoms with Gasteiger partial charge in [0.25, 0.3) is 0 Å². The number of nitrogens with one attached hydrogen (secondary N) is 2. The minimum Gasteiger partial charge on any atom is -0.489 e. The molecule has 0 atom stereocenters. The van der Waals surface area contributed by atoms with Crippen molar-refractivity contribution < 1.29 is 14.3 Å². The van der Waals surface area contributed by atoms with Crippen LogP contribution in [0.3, 0.4) is 0 Å². The molecule has 9 heteroatoms. The van der Waals surface area contributed by atoms with Gasteiger partial charge in [-0.15, -0.1) is 10.2 Å². The van der Waals surface area contributed by atoms with Crippen molar-refractivity contribution in [1.82, 2.24) is 15.6 Å². The maximum Gasteiger partial charge on any atom is 0.329 e. The molecule has 0 unspecified atom stereocenters. The minimum atomic E-state index is -0.929. The van der Waals surface area contributed by atoms with Crippen molar-refractivity contribution in [3.05, 3.63) is 72.8 Å². The first-order valence-corrected chi connectivity index (χ1v) is 9.35. The van der Waals surface area contributed by atoms with Crippen molar-refractivity contribution in [2.75, 3.05) is 11.9 Å². The Bertz CT molecular complexity index is 1030. The van der Waals surface area contributed by atoms with Crippen molar-refractivity contribution >= 4 is 34.5 Å². The van der Waals surface area contributed by atoms with Gasteiger partial charge in [-0.1, -0.05) is 66.5 Å². The van der Waals surface area contributed by atoms with Gasteiger partial charge in [-0.05, 0) is 12.1 Å². The van der Waals surface area contributed by atoms with Crippen LogP contribution in [0.2, 0.25) is 0 Å². The predicted molar refractivity (Wildman–Crippen MR) is 112 cm³/mol. The largest absolute Gasteiger partial charge is 0.489 e. The molecule has 0 fully saturated rings. The van der Waals surface area contributed by atoms with Crippen LogP contribution in [-0.2, 0) is 9.59 Å². The monoisotopic (exact) mass is 407 g/mol. The van der Waals surface area contributed by atoms with Crippen molar-refractivity contribution in [2.24, 2.45) is 5.10 Å². The number of aromatic nitrogens is 2. The minimum absolute atomic E-state index is 0.219. The van der Waals surface area contributed by atoms with Gasteiger partial charge in [-0.3, -0.25) is 14.9 Å². The molecule has 0 aliphatic carbocycles. The molecule has 3 aromatic rings. The van der Waals surface area contributed by atoms with Gasteiger partial charge in [0.1, 0.15) is 17.4 Å². The first-order valence-electron chi connectivity index (χ1n) is 8.53. The van der Waals surface area contributed by atoms with Crippen LogP contribution in [0.5, 0.6) is 5.75 Å². The number of carbonyl (C=O) groups excluding carboxylic acids is 2. The smallest absolute Gasteiger partial charge is 0.329 e. The molecule has 2 amide bonds. The highest BCUT2D eigenvalue weighted by Gasteiger charge is 2.16. The number of para-hydroxylation sites is 1. The van der Waals surface area contributed by atoms with E-state index >= 15 is 0 Å². The van der Waals surface area contributed by atoms with Gasteiger partial charge in [0, 0.05) is 11.1 Å². The summed E-state index contributed by atoms with van der Waals surface area (Å²) in [6.07, 6.45) is 3.01. The fourth-order valence-corrected chi connectivity index (χ4v) is 2.95. The third-order valence-corrected chi connectivity index (χ3v) is 4.41. The van der Waals surface area contributed by atoms with Crippen LogP contribution in [0, 0.1) is 0 Å². The van der Waals surface area contributed by atoms with Crippen molar-refractivity contribution in [1.29, 1.82) is 0 Å². The van der Waals surface area contributed by atoms with Gasteiger partial charge in [-0.2, -0.15) is 5.10 Å². The van der Waals surface area contributed by atoms with Crippen LogP contribution in [0.1, 0.15) is 5.56 Å². The van der Waals surface area contributed by atoms with E-state index in [1.54, 1.807) is 24.3 Å². The Morgan fingerprint density at radius 3 is 2.62 bits per heavy atom. The van der Waals surface area contributed by atoms with Crippen molar-refractivity contribution in [3.63, 3.8) is 0 Å². The van der Waals surface area contributed by atoms with Crippen LogP contribution in [-0.4, -0.2) is 34.8 Å². The summed E-state index contributed by atoms with van der Waals surface area (Å²) in [5.41, 5.74) is 3.69. The summed E-state index contributed by atoms with van der Waals surface area (Å²) in [4.78, 5) is 24.0. The Balaban J connectivity index is 1.56. The van der Waals surface area contributed by atoms with E-state index in [4.69, 9.17) is 4.74 Å². The molecular formula is C20H17N5O3S. The lowest BCUT2D eigenvalue weighted by Gasteiger charge is -2.06. The SMILES string of the molecule is C=CCOc1ccccc1/C=N/NC(=O)C(=O)Nc1nnc(-c2ccccc2)s1. The molecule has 0 aliphatic heterocycles. The number of hydrazone groups is 1. The molecule has 146 valence electrons. The summed E-state index contributed by atoms with van der Waals surface area (Å²) < 4.78 is 5.49. The second-order valence-corrected chi connectivity index (χ2v) is 6.55. The molecule has 8 nitrogen and oxygen atoms in total. The maximum absolute atomic E-state index is 12.0. The summed E-state index contributed by atoms with van der Waals surface area (Å²) in [5.74, 6) is -1.24. The molecule has 2 aromatic carbocycles. The zero-order valence-corrected chi connectivity index (χ0v) is 16.1. The second kappa shape index (κ2) is 9.90. The fraction of sp³-hybridized carbons (Fsp3) is 0.0500. The summed E-state index contributed by atoms with van der Waals surface area (Å²) in [6.45, 7) is 3.93. The normalized spacial score (nSPS) is 10.5. The quantitative estimate of drug-likeness (QED) is 0.271. The van der Waals surface area contributed by atoms with Crippen LogP contribution in [0.25, 0.3) is 10.6 Å². The number of anilines is 1. The molecule has 29 heavy (non-hydrogen) atoms. The van der Waals surface area contributed by atoms with Crippen molar-refractivity contribution in [2.45, 2.75) is 0 Å². The van der Waals surface area contributed by atoms with Gasteiger partial charge < -0.3 is 4.74 Å². The van der Waals surface area contributed by atoms with Crippen LogP contribution in [0.15, 0.2) is 72.4 Å². The molecule has 0 bridgehead atoms. The number of amides is 2. The van der Waals surface area contributed by atoms with Crippen LogP contribution < -0.4 is 15.5 Å². The average molecular weight is 407 g/mol. The molecule has 1 aromatic heterocycles. The van der Waals surface area contributed by atoms with Crippen LogP contribution >= 0.6 is 11.3 Å². The number of rotatable bonds is 7. The summed E-state index contributed by atoms with van der Waals surface area (Å²) in [5, 5.41) is 14.9. The highest BCUT2D eigenvalue weighted by atomic mass is 32.1. The standard InChI is InChI=1S/C20H17N5O3S/c1-2-12-28-16-11-7-6-10-15(16)13-21-23-18(27)17(26)22-20-25-24-19(29-20)14-8-4-3-5-9-14/h2-11,13H,1,12H2,(H,23,27)(H,22,25,26)/b21-13+. The number of benzene rings is 2. The van der Waals surface area contributed by atoms with Gasteiger partial charge >= 0.3 is 11.8 Å². The lowest BCUT2D eigenvalue weighted by molar-refractivity contribution is -0.136. The van der Waals surface area contributed by atoms with Gasteiger partial charge in [0.05, 0.1) is 6.21 Å². The van der Waals surface area contributed by atoms with Crippen LogP contribution in [0.4, 0.5) is 5.13 Å².